The molecule has 0 aliphatic heterocycles. The van der Waals surface area contributed by atoms with Crippen LogP contribution in [0.5, 0.6) is 0 Å². The maximum absolute atomic E-state index is 14.5. The molecule has 2 saturated carbocycles. The molecule has 0 amide bonds. The number of nitrogens with zero attached hydrogens (tertiary/aromatic N) is 1. The fourth-order valence-corrected chi connectivity index (χ4v) is 7.68. The zero-order valence-corrected chi connectivity index (χ0v) is 21.7. The van der Waals surface area contributed by atoms with Gasteiger partial charge in [0.2, 0.25) is 0 Å². The molecule has 0 bridgehead atoms. The van der Waals surface area contributed by atoms with E-state index in [4.69, 9.17) is 9.05 Å². The monoisotopic (exact) mass is 465 g/mol. The highest BCUT2D eigenvalue weighted by molar-refractivity contribution is 7.54. The van der Waals surface area contributed by atoms with Crippen molar-refractivity contribution in [1.82, 2.24) is 4.98 Å². The van der Waals surface area contributed by atoms with Crippen LogP contribution in [0.4, 0.5) is 0 Å². The van der Waals surface area contributed by atoms with Crippen LogP contribution in [0.1, 0.15) is 91.6 Å². The van der Waals surface area contributed by atoms with Gasteiger partial charge in [-0.2, -0.15) is 0 Å². The molecule has 2 aliphatic rings. The van der Waals surface area contributed by atoms with Gasteiger partial charge < -0.3 is 14.2 Å². The molecular formula is C26H44NO4P. The maximum atomic E-state index is 14.5. The Morgan fingerprint density at radius 1 is 0.906 bits per heavy atom. The third-order valence-corrected chi connectivity index (χ3v) is 9.73. The van der Waals surface area contributed by atoms with Crippen LogP contribution in [0.25, 0.3) is 0 Å². The molecule has 182 valence electrons. The van der Waals surface area contributed by atoms with E-state index in [9.17, 15) is 9.67 Å². The van der Waals surface area contributed by atoms with Crippen LogP contribution in [-0.4, -0.2) is 22.3 Å². The summed E-state index contributed by atoms with van der Waals surface area (Å²) < 4.78 is 27.4. The van der Waals surface area contributed by atoms with Gasteiger partial charge in [0.25, 0.3) is 0 Å². The second-order valence-electron chi connectivity index (χ2n) is 11.1. The van der Waals surface area contributed by atoms with Crippen molar-refractivity contribution in [3.63, 3.8) is 0 Å². The van der Waals surface area contributed by atoms with Crippen molar-refractivity contribution in [3.8, 4) is 0 Å². The van der Waals surface area contributed by atoms with Crippen molar-refractivity contribution in [2.75, 3.05) is 0 Å². The molecule has 32 heavy (non-hydrogen) atoms. The third kappa shape index (κ3) is 6.23. The van der Waals surface area contributed by atoms with Gasteiger partial charge in [-0.25, -0.2) is 0 Å². The molecule has 1 aromatic heterocycles. The summed E-state index contributed by atoms with van der Waals surface area (Å²) >= 11 is 0. The summed E-state index contributed by atoms with van der Waals surface area (Å²) in [6.07, 6.45) is 7.37. The highest BCUT2D eigenvalue weighted by Gasteiger charge is 2.46. The van der Waals surface area contributed by atoms with Gasteiger partial charge in [-0.3, -0.25) is 9.55 Å². The van der Waals surface area contributed by atoms with Crippen LogP contribution in [0.3, 0.4) is 0 Å². The van der Waals surface area contributed by atoms with Crippen LogP contribution in [0, 0.1) is 35.5 Å². The van der Waals surface area contributed by atoms with Gasteiger partial charge in [0, 0.05) is 6.20 Å². The molecule has 1 aromatic rings. The maximum Gasteiger partial charge on any atom is 0.365 e. The number of aromatic nitrogens is 1. The molecular weight excluding hydrogens is 421 g/mol. The Morgan fingerprint density at radius 3 is 1.81 bits per heavy atom. The lowest BCUT2D eigenvalue weighted by Gasteiger charge is -2.42. The second kappa shape index (κ2) is 11.1. The summed E-state index contributed by atoms with van der Waals surface area (Å²) in [5, 5.41) is 11.3. The van der Waals surface area contributed by atoms with Crippen LogP contribution < -0.4 is 0 Å². The Morgan fingerprint density at radius 2 is 1.41 bits per heavy atom. The van der Waals surface area contributed by atoms with E-state index in [-0.39, 0.29) is 12.2 Å². The number of pyridine rings is 1. The first-order valence-corrected chi connectivity index (χ1v) is 14.3. The smallest absolute Gasteiger partial charge is 0.365 e. The van der Waals surface area contributed by atoms with E-state index in [0.29, 0.717) is 41.2 Å². The largest absolute Gasteiger partial charge is 0.375 e. The van der Waals surface area contributed by atoms with E-state index in [1.807, 2.05) is 0 Å². The SMILES string of the molecule is CC(C)[C@H]1CC[C@@H](C)C[C@H]1OP(=O)(O[C@@H]1C[C@H](C)CC[C@@H]1C(C)C)[C@@H](O)c1ccccn1. The standard InChI is InChI=1S/C26H44NO4P/c1-17(2)21-12-10-19(5)15-24(21)30-32(29,26(28)23-9-7-8-14-27-23)31-25-16-20(6)11-13-22(25)18(3)4/h7-9,14,17-22,24-26,28H,10-13,15-16H2,1-6H3/t19-,20-,21-,22-,24-,25-,26-/m1/s1. The van der Waals surface area contributed by atoms with E-state index < -0.39 is 13.4 Å². The van der Waals surface area contributed by atoms with Gasteiger partial charge in [0.1, 0.15) is 0 Å². The third-order valence-electron chi connectivity index (χ3n) is 7.74. The summed E-state index contributed by atoms with van der Waals surface area (Å²) in [5.41, 5.74) is 0.353. The molecule has 1 heterocycles. The van der Waals surface area contributed by atoms with Crippen molar-refractivity contribution in [2.24, 2.45) is 35.5 Å². The van der Waals surface area contributed by atoms with Gasteiger partial charge in [-0.15, -0.1) is 0 Å². The van der Waals surface area contributed by atoms with E-state index in [2.05, 4.69) is 46.5 Å². The molecule has 0 saturated heterocycles. The molecule has 6 heteroatoms. The second-order valence-corrected chi connectivity index (χ2v) is 13.1. The molecule has 0 spiro atoms. The lowest BCUT2D eigenvalue weighted by atomic mass is 9.75. The predicted octanol–water partition coefficient (Wildman–Crippen LogP) is 7.22. The number of aliphatic hydroxyl groups is 1. The molecule has 3 rings (SSSR count). The minimum absolute atomic E-state index is 0.179. The van der Waals surface area contributed by atoms with E-state index in [1.54, 1.807) is 24.4 Å². The first-order valence-electron chi connectivity index (χ1n) is 12.7. The predicted molar refractivity (Wildman–Crippen MR) is 129 cm³/mol. The first-order chi connectivity index (χ1) is 15.1. The van der Waals surface area contributed by atoms with Gasteiger partial charge in [0.15, 0.2) is 5.85 Å². The van der Waals surface area contributed by atoms with Crippen LogP contribution >= 0.6 is 7.60 Å². The topological polar surface area (TPSA) is 68.7 Å². The van der Waals surface area contributed by atoms with Crippen LogP contribution in [0.2, 0.25) is 0 Å². The highest BCUT2D eigenvalue weighted by atomic mass is 31.2. The summed E-state index contributed by atoms with van der Waals surface area (Å²) in [5.74, 6) is 1.11. The minimum Gasteiger partial charge on any atom is -0.375 e. The zero-order chi connectivity index (χ0) is 23.5. The molecule has 0 unspecified atom stereocenters. The lowest BCUT2D eigenvalue weighted by molar-refractivity contribution is -0.0156. The average Bonchev–Trinajstić information content (AvgIpc) is 2.73. The first kappa shape index (κ1) is 25.9. The summed E-state index contributed by atoms with van der Waals surface area (Å²) in [6.45, 7) is 13.3. The molecule has 2 fully saturated rings. The summed E-state index contributed by atoms with van der Waals surface area (Å²) in [4.78, 5) is 4.29. The molecule has 1 N–H and O–H groups in total. The number of aliphatic hydroxyl groups excluding tert-OH is 1. The van der Waals surface area contributed by atoms with Crippen LogP contribution in [0.15, 0.2) is 24.4 Å². The average molecular weight is 466 g/mol. The summed E-state index contributed by atoms with van der Waals surface area (Å²) in [6, 6.07) is 5.30. The van der Waals surface area contributed by atoms with Gasteiger partial charge >= 0.3 is 7.60 Å². The molecule has 0 aromatic carbocycles. The van der Waals surface area contributed by atoms with Gasteiger partial charge in [-0.05, 0) is 73.3 Å². The van der Waals surface area contributed by atoms with Crippen LogP contribution in [-0.2, 0) is 13.6 Å². The Balaban J connectivity index is 1.92. The Hall–Kier alpha value is -0.740. The van der Waals surface area contributed by atoms with Gasteiger partial charge in [-0.1, -0.05) is 60.5 Å². The molecule has 0 radical (unpaired) electrons. The van der Waals surface area contributed by atoms with Crippen molar-refractivity contribution in [3.05, 3.63) is 30.1 Å². The number of hydrogen-bond acceptors (Lipinski definition) is 5. The van der Waals surface area contributed by atoms with E-state index >= 15 is 0 Å². The van der Waals surface area contributed by atoms with Crippen molar-refractivity contribution >= 4 is 7.60 Å². The fourth-order valence-electron chi connectivity index (χ4n) is 5.68. The summed E-state index contributed by atoms with van der Waals surface area (Å²) in [7, 11) is -3.88. The number of rotatable bonds is 8. The Kier molecular flexibility index (Phi) is 8.99. The molecule has 7 atom stereocenters. The fraction of sp³-hybridized carbons (Fsp3) is 0.808. The van der Waals surface area contributed by atoms with Crippen molar-refractivity contribution < 1.29 is 18.7 Å². The van der Waals surface area contributed by atoms with Crippen molar-refractivity contribution in [1.29, 1.82) is 0 Å². The molecule has 5 nitrogen and oxygen atoms in total. The normalized spacial score (nSPS) is 32.9. The Bertz CT molecular complexity index is 717. The quantitative estimate of drug-likeness (QED) is 0.410. The lowest BCUT2D eigenvalue weighted by Crippen LogP contribution is -2.37. The number of hydrogen-bond donors (Lipinski definition) is 1. The zero-order valence-electron chi connectivity index (χ0n) is 20.8. The highest BCUT2D eigenvalue weighted by Crippen LogP contribution is 2.64. The Labute approximate surface area is 195 Å². The van der Waals surface area contributed by atoms with E-state index in [0.717, 1.165) is 38.5 Å². The minimum atomic E-state index is -3.88. The van der Waals surface area contributed by atoms with Crippen molar-refractivity contribution in [2.45, 2.75) is 98.1 Å². The van der Waals surface area contributed by atoms with Gasteiger partial charge in [0.05, 0.1) is 17.9 Å². The molecule has 2 aliphatic carbocycles. The van der Waals surface area contributed by atoms with E-state index in [1.165, 1.54) is 0 Å².